The van der Waals surface area contributed by atoms with Gasteiger partial charge in [0.1, 0.15) is 8.07 Å². The highest BCUT2D eigenvalue weighted by atomic mass is 32.2. The van der Waals surface area contributed by atoms with Gasteiger partial charge in [0.25, 0.3) is 0 Å². The molecule has 0 bridgehead atoms. The second kappa shape index (κ2) is 12.2. The first-order valence-electron chi connectivity index (χ1n) is 22.6. The van der Waals surface area contributed by atoms with Crippen molar-refractivity contribution in [2.24, 2.45) is 0 Å². The van der Waals surface area contributed by atoms with E-state index < -0.39 is 8.07 Å². The molecule has 0 saturated heterocycles. The number of fused-ring (bicyclic) bond motifs is 13. The molecule has 2 aliphatic carbocycles. The standard InChI is InChI=1S/C56H51BN2S2Si/c1-32-27-36-37(55(4,5)26-25-54(36,2)3)28-41(32)58-42-31-47-46(60-44-21-13-14-22-45(44)61-47)30-39(42)57-52-43(58)29-38-50(33-17-10-11-19-35(33)56(38,6)7)51(52)34-18-16-24-49-53(34)59(57)40-20-12-15-23-48(40)62(49,8)9/h10-24,27-31H,25-26H2,1-9H3. The van der Waals surface area contributed by atoms with Crippen LogP contribution in [-0.2, 0) is 16.2 Å². The van der Waals surface area contributed by atoms with Crippen LogP contribution >= 0.6 is 23.5 Å². The van der Waals surface area contributed by atoms with Crippen molar-refractivity contribution in [2.45, 2.75) is 110 Å². The third kappa shape index (κ3) is 4.71. The summed E-state index contributed by atoms with van der Waals surface area (Å²) in [7, 11) is -2.10. The van der Waals surface area contributed by atoms with Gasteiger partial charge in [0, 0.05) is 59.0 Å². The molecule has 0 fully saturated rings. The fourth-order valence-electron chi connectivity index (χ4n) is 12.6. The molecule has 7 aromatic rings. The predicted molar refractivity (Wildman–Crippen MR) is 269 cm³/mol. The number of para-hydroxylation sites is 2. The van der Waals surface area contributed by atoms with Crippen LogP contribution in [0, 0.1) is 6.92 Å². The highest BCUT2D eigenvalue weighted by Gasteiger charge is 2.53. The highest BCUT2D eigenvalue weighted by Crippen LogP contribution is 2.59. The zero-order valence-electron chi connectivity index (χ0n) is 37.2. The number of nitrogens with zero attached hydrogens (tertiary/aromatic N) is 2. The van der Waals surface area contributed by atoms with Crippen molar-refractivity contribution in [1.29, 1.82) is 0 Å². The Morgan fingerprint density at radius 2 is 1.15 bits per heavy atom. The van der Waals surface area contributed by atoms with Crippen LogP contribution < -0.4 is 31.0 Å². The molecular formula is C56H51BN2S2Si. The molecule has 0 saturated carbocycles. The van der Waals surface area contributed by atoms with Gasteiger partial charge in [-0.05, 0) is 139 Å². The molecule has 4 aliphatic heterocycles. The summed E-state index contributed by atoms with van der Waals surface area (Å²) in [6, 6.07) is 48.1. The molecule has 2 nitrogen and oxygen atoms in total. The van der Waals surface area contributed by atoms with E-state index in [1.54, 1.807) is 5.19 Å². The Labute approximate surface area is 377 Å². The van der Waals surface area contributed by atoms with Gasteiger partial charge in [-0.15, -0.1) is 0 Å². The molecule has 6 aliphatic rings. The van der Waals surface area contributed by atoms with Gasteiger partial charge in [-0.25, -0.2) is 0 Å². The second-order valence-electron chi connectivity index (χ2n) is 21.2. The summed E-state index contributed by atoms with van der Waals surface area (Å²) >= 11 is 3.89. The predicted octanol–water partition coefficient (Wildman–Crippen LogP) is 13.1. The van der Waals surface area contributed by atoms with E-state index in [4.69, 9.17) is 0 Å². The van der Waals surface area contributed by atoms with Crippen LogP contribution in [0.15, 0.2) is 141 Å². The van der Waals surface area contributed by atoms with Crippen LogP contribution in [0.3, 0.4) is 0 Å². The molecule has 0 unspecified atom stereocenters. The molecule has 0 radical (unpaired) electrons. The molecule has 6 heteroatoms. The number of hydrogen-bond acceptors (Lipinski definition) is 4. The molecule has 304 valence electrons. The molecule has 0 N–H and O–H groups in total. The van der Waals surface area contributed by atoms with Crippen molar-refractivity contribution in [3.8, 4) is 22.3 Å². The Kier molecular flexibility index (Phi) is 7.42. The van der Waals surface area contributed by atoms with Crippen molar-refractivity contribution >= 4 is 88.2 Å². The zero-order chi connectivity index (χ0) is 42.4. The summed E-state index contributed by atoms with van der Waals surface area (Å²) in [4.78, 5) is 10.9. The van der Waals surface area contributed by atoms with E-state index in [0.29, 0.717) is 0 Å². The Balaban J connectivity index is 1.21. The Hall–Kier alpha value is -4.88. The summed E-state index contributed by atoms with van der Waals surface area (Å²) in [5.41, 5.74) is 22.5. The van der Waals surface area contributed by atoms with E-state index in [2.05, 4.69) is 193 Å². The fraction of sp³-hybridized carbons (Fsp3) is 0.250. The smallest absolute Gasteiger partial charge is 0.333 e. The van der Waals surface area contributed by atoms with Crippen molar-refractivity contribution < 1.29 is 0 Å². The number of rotatable bonds is 1. The van der Waals surface area contributed by atoms with E-state index in [9.17, 15) is 0 Å². The number of anilines is 5. The molecule has 7 aromatic carbocycles. The number of hydrogen-bond donors (Lipinski definition) is 0. The fourth-order valence-corrected chi connectivity index (χ4v) is 17.9. The van der Waals surface area contributed by atoms with Gasteiger partial charge >= 0.3 is 6.85 Å². The van der Waals surface area contributed by atoms with Crippen LogP contribution in [0.25, 0.3) is 22.3 Å². The molecule has 0 atom stereocenters. The maximum absolute atomic E-state index is 2.81. The van der Waals surface area contributed by atoms with Crippen molar-refractivity contribution in [2.75, 3.05) is 9.71 Å². The van der Waals surface area contributed by atoms with Crippen molar-refractivity contribution in [3.63, 3.8) is 0 Å². The van der Waals surface area contributed by atoms with Crippen LogP contribution in [-0.4, -0.2) is 14.9 Å². The summed E-state index contributed by atoms with van der Waals surface area (Å²) in [5, 5.41) is 3.07. The summed E-state index contributed by atoms with van der Waals surface area (Å²) in [5.74, 6) is 0. The number of benzene rings is 7. The molecule has 62 heavy (non-hydrogen) atoms. The lowest BCUT2D eigenvalue weighted by atomic mass is 9.43. The van der Waals surface area contributed by atoms with Crippen LogP contribution in [0.1, 0.15) is 82.2 Å². The molecular weight excluding hydrogens is 804 g/mol. The van der Waals surface area contributed by atoms with Gasteiger partial charge in [-0.2, -0.15) is 0 Å². The molecule has 0 aromatic heterocycles. The summed E-state index contributed by atoms with van der Waals surface area (Å²) in [6.07, 6.45) is 2.39. The van der Waals surface area contributed by atoms with E-state index in [-0.39, 0.29) is 23.1 Å². The topological polar surface area (TPSA) is 6.48 Å². The largest absolute Gasteiger partial charge is 0.377 e. The van der Waals surface area contributed by atoms with E-state index in [1.165, 1.54) is 127 Å². The van der Waals surface area contributed by atoms with E-state index in [0.717, 1.165) is 0 Å². The quantitative estimate of drug-likeness (QED) is 0.152. The average Bonchev–Trinajstić information content (AvgIpc) is 3.48. The highest BCUT2D eigenvalue weighted by molar-refractivity contribution is 8.05. The molecule has 4 heterocycles. The maximum atomic E-state index is 2.81. The first kappa shape index (κ1) is 37.7. The van der Waals surface area contributed by atoms with Gasteiger partial charge in [0.2, 0.25) is 0 Å². The first-order chi connectivity index (χ1) is 29.7. The summed E-state index contributed by atoms with van der Waals surface area (Å²) < 4.78 is 0. The summed E-state index contributed by atoms with van der Waals surface area (Å²) in [6.45, 7) is 22.3. The third-order valence-corrected chi connectivity index (χ3v) is 22.1. The minimum atomic E-state index is -2.10. The van der Waals surface area contributed by atoms with Crippen LogP contribution in [0.2, 0.25) is 13.1 Å². The SMILES string of the molecule is Cc1cc2c(cc1N1c3cc4c(cc3B3c5c1cc1c(c5-c5cccc6c5N3c3ccccc3[Si]6(C)C)-c3ccccc3C1(C)C)Sc1ccccc1S4)C(C)(C)CCC2(C)C. The normalized spacial score (nSPS) is 18.9. The van der Waals surface area contributed by atoms with Gasteiger partial charge in [0.15, 0.2) is 0 Å². The lowest BCUT2D eigenvalue weighted by Crippen LogP contribution is -2.68. The zero-order valence-corrected chi connectivity index (χ0v) is 39.9. The monoisotopic (exact) mass is 854 g/mol. The van der Waals surface area contributed by atoms with E-state index in [1.807, 2.05) is 23.5 Å². The third-order valence-electron chi connectivity index (χ3n) is 16.0. The Bertz CT molecular complexity index is 3200. The lowest BCUT2D eigenvalue weighted by Gasteiger charge is -2.51. The van der Waals surface area contributed by atoms with Crippen LogP contribution in [0.5, 0.6) is 0 Å². The maximum Gasteiger partial charge on any atom is 0.333 e. The Morgan fingerprint density at radius 1 is 0.532 bits per heavy atom. The molecule has 13 rings (SSSR count). The minimum Gasteiger partial charge on any atom is -0.377 e. The lowest BCUT2D eigenvalue weighted by molar-refractivity contribution is 0.332. The van der Waals surface area contributed by atoms with Gasteiger partial charge in [0.05, 0.1) is 0 Å². The molecule has 0 spiro atoms. The van der Waals surface area contributed by atoms with Crippen molar-refractivity contribution in [1.82, 2.24) is 0 Å². The van der Waals surface area contributed by atoms with Crippen LogP contribution in [0.4, 0.5) is 28.4 Å². The van der Waals surface area contributed by atoms with Gasteiger partial charge in [-0.3, -0.25) is 0 Å². The van der Waals surface area contributed by atoms with Crippen molar-refractivity contribution in [3.05, 3.63) is 149 Å². The average molecular weight is 855 g/mol. The number of aryl methyl sites for hydroxylation is 1. The second-order valence-corrected chi connectivity index (χ2v) is 27.7. The van der Waals surface area contributed by atoms with Gasteiger partial charge < -0.3 is 9.71 Å². The molecule has 0 amide bonds. The van der Waals surface area contributed by atoms with E-state index >= 15 is 0 Å². The van der Waals surface area contributed by atoms with Gasteiger partial charge in [-0.1, -0.05) is 157 Å². The Morgan fingerprint density at radius 3 is 1.90 bits per heavy atom. The first-order valence-corrected chi connectivity index (χ1v) is 27.2. The minimum absolute atomic E-state index is 0.0197.